The quantitative estimate of drug-likeness (QED) is 0.291. The van der Waals surface area contributed by atoms with Gasteiger partial charge in [-0.15, -0.1) is 0 Å². The van der Waals surface area contributed by atoms with Crippen LogP contribution in [-0.4, -0.2) is 91.9 Å². The largest absolute Gasteiger partial charge is 0.485 e. The van der Waals surface area contributed by atoms with E-state index >= 15 is 0 Å². The molecule has 3 N–H and O–H groups in total. The molecule has 0 saturated carbocycles. The summed E-state index contributed by atoms with van der Waals surface area (Å²) in [6, 6.07) is 10.2. The maximum Gasteiger partial charge on any atom is 0.330 e. The average Bonchev–Trinajstić information content (AvgIpc) is 3.78. The molecule has 7 rings (SSSR count). The van der Waals surface area contributed by atoms with Gasteiger partial charge in [-0.2, -0.15) is 14.6 Å². The summed E-state index contributed by atoms with van der Waals surface area (Å²) in [5, 5.41) is 14.4. The van der Waals surface area contributed by atoms with Crippen LogP contribution in [0.5, 0.6) is 5.75 Å². The van der Waals surface area contributed by atoms with Crippen molar-refractivity contribution >= 4 is 28.3 Å². The summed E-state index contributed by atoms with van der Waals surface area (Å²) in [4.78, 5) is 22.1. The van der Waals surface area contributed by atoms with Gasteiger partial charge in [0.05, 0.1) is 30.7 Å². The summed E-state index contributed by atoms with van der Waals surface area (Å²) < 4.78 is 36.1. The zero-order valence-electron chi connectivity index (χ0n) is 23.0. The molecule has 0 unspecified atom stereocenters. The van der Waals surface area contributed by atoms with Crippen LogP contribution in [0.25, 0.3) is 28.1 Å². The van der Waals surface area contributed by atoms with Gasteiger partial charge in [-0.05, 0) is 30.3 Å². The van der Waals surface area contributed by atoms with Crippen molar-refractivity contribution in [2.24, 2.45) is 7.05 Å². The Bertz CT molecular complexity index is 1800. The minimum atomic E-state index is -0.717. The van der Waals surface area contributed by atoms with Gasteiger partial charge < -0.3 is 29.6 Å². The van der Waals surface area contributed by atoms with Gasteiger partial charge in [-0.3, -0.25) is 14.0 Å². The van der Waals surface area contributed by atoms with Gasteiger partial charge in [-0.1, -0.05) is 0 Å². The van der Waals surface area contributed by atoms with Gasteiger partial charge >= 0.3 is 5.69 Å². The molecule has 220 valence electrons. The molecule has 2 saturated heterocycles. The van der Waals surface area contributed by atoms with E-state index < -0.39 is 12.2 Å². The Morgan fingerprint density at radius 1 is 1.14 bits per heavy atom. The first-order valence-electron chi connectivity index (χ1n) is 13.8. The monoisotopic (exact) mass is 578 g/mol. The van der Waals surface area contributed by atoms with Crippen LogP contribution in [0, 0.1) is 5.82 Å². The molecule has 2 aliphatic heterocycles. The number of piperazine rings is 1. The number of aliphatic hydroxyl groups excluding tert-OH is 1. The molecule has 42 heavy (non-hydrogen) atoms. The highest BCUT2D eigenvalue weighted by atomic mass is 19.1. The standard InChI is InChI=1S/C28H31FN8O5/c1-33-25-21-14-19(23-3-2-12-41-23)32-37(21)27(30)31-26(25)36(28(33)39)11-8-34-6-9-35(10-7-34)20-5-4-17(13-18(20)29)42-24-16-40-15-22(24)38/h2-5,12-14,22,24,38H,6-11,15-16H2,1H3,(H2,30,31)/t22-,24-/m1/s1. The van der Waals surface area contributed by atoms with Crippen LogP contribution in [0.3, 0.4) is 0 Å². The van der Waals surface area contributed by atoms with Crippen LogP contribution in [0.15, 0.2) is 51.9 Å². The van der Waals surface area contributed by atoms with Crippen molar-refractivity contribution in [3.8, 4) is 17.2 Å². The highest BCUT2D eigenvalue weighted by Gasteiger charge is 2.29. The van der Waals surface area contributed by atoms with E-state index in [9.17, 15) is 14.3 Å². The Morgan fingerprint density at radius 2 is 1.98 bits per heavy atom. The number of benzene rings is 1. The highest BCUT2D eigenvalue weighted by molar-refractivity contribution is 5.91. The second-order valence-electron chi connectivity index (χ2n) is 10.6. The first-order valence-corrected chi connectivity index (χ1v) is 13.8. The summed E-state index contributed by atoms with van der Waals surface area (Å²) in [6.07, 6.45) is 0.362. The second kappa shape index (κ2) is 10.5. The number of imidazole rings is 1. The van der Waals surface area contributed by atoms with Crippen molar-refractivity contribution in [3.05, 3.63) is 59.0 Å². The zero-order chi connectivity index (χ0) is 29.0. The number of aliphatic hydroxyl groups is 1. The lowest BCUT2D eigenvalue weighted by atomic mass is 10.2. The zero-order valence-corrected chi connectivity index (χ0v) is 23.0. The lowest BCUT2D eigenvalue weighted by Crippen LogP contribution is -2.47. The third kappa shape index (κ3) is 4.57. The van der Waals surface area contributed by atoms with Crippen LogP contribution < -0.4 is 21.1 Å². The molecule has 0 aliphatic carbocycles. The number of rotatable bonds is 7. The van der Waals surface area contributed by atoms with Gasteiger partial charge in [0.1, 0.15) is 35.0 Å². The fraction of sp³-hybridized carbons (Fsp3) is 0.393. The van der Waals surface area contributed by atoms with E-state index in [0.717, 1.165) is 0 Å². The van der Waals surface area contributed by atoms with E-state index in [1.807, 2.05) is 17.0 Å². The molecule has 0 bridgehead atoms. The maximum atomic E-state index is 15.0. The van der Waals surface area contributed by atoms with Crippen molar-refractivity contribution in [2.75, 3.05) is 56.6 Å². The number of hydrogen-bond acceptors (Lipinski definition) is 10. The van der Waals surface area contributed by atoms with Gasteiger partial charge in [0, 0.05) is 52.4 Å². The van der Waals surface area contributed by atoms with Crippen molar-refractivity contribution in [1.29, 1.82) is 0 Å². The minimum Gasteiger partial charge on any atom is -0.485 e. The maximum absolute atomic E-state index is 15.0. The molecule has 13 nitrogen and oxygen atoms in total. The molecule has 2 fully saturated rings. The summed E-state index contributed by atoms with van der Waals surface area (Å²) in [5.41, 5.74) is 8.98. The SMILES string of the molecule is Cn1c(=O)n(CCN2CCN(c3ccc(O[C@@H]4COC[C@H]4O)cc3F)CC2)c2nc(N)n3nc(-c4ccco4)cc3c21. The second-order valence-corrected chi connectivity index (χ2v) is 10.6. The summed E-state index contributed by atoms with van der Waals surface area (Å²) in [7, 11) is 1.71. The van der Waals surface area contributed by atoms with Gasteiger partial charge in [-0.25, -0.2) is 9.18 Å². The predicted octanol–water partition coefficient (Wildman–Crippen LogP) is 1.32. The normalized spacial score (nSPS) is 19.8. The lowest BCUT2D eigenvalue weighted by Gasteiger charge is -2.36. The fourth-order valence-corrected chi connectivity index (χ4v) is 5.75. The van der Waals surface area contributed by atoms with Gasteiger partial charge in [0.25, 0.3) is 0 Å². The smallest absolute Gasteiger partial charge is 0.330 e. The van der Waals surface area contributed by atoms with Gasteiger partial charge in [0.2, 0.25) is 5.95 Å². The highest BCUT2D eigenvalue weighted by Crippen LogP contribution is 2.28. The van der Waals surface area contributed by atoms with Crippen molar-refractivity contribution < 1.29 is 23.4 Å². The average molecular weight is 579 g/mol. The minimum absolute atomic E-state index is 0.175. The molecule has 6 heterocycles. The Morgan fingerprint density at radius 3 is 2.69 bits per heavy atom. The molecule has 0 radical (unpaired) electrons. The molecule has 2 aliphatic rings. The molecular weight excluding hydrogens is 547 g/mol. The van der Waals surface area contributed by atoms with Crippen LogP contribution in [0.1, 0.15) is 0 Å². The molecule has 2 atom stereocenters. The predicted molar refractivity (Wildman–Crippen MR) is 152 cm³/mol. The molecule has 5 aromatic rings. The molecule has 0 amide bonds. The van der Waals surface area contributed by atoms with Crippen LogP contribution in [-0.2, 0) is 18.3 Å². The number of aromatic nitrogens is 5. The molecule has 1 aromatic carbocycles. The number of ether oxygens (including phenoxy) is 2. The third-order valence-electron chi connectivity index (χ3n) is 8.04. The van der Waals surface area contributed by atoms with Gasteiger partial charge in [0.15, 0.2) is 11.4 Å². The van der Waals surface area contributed by atoms with E-state index in [2.05, 4.69) is 15.0 Å². The van der Waals surface area contributed by atoms with E-state index in [4.69, 9.17) is 19.6 Å². The number of nitrogens with zero attached hydrogens (tertiary/aromatic N) is 7. The summed E-state index contributed by atoms with van der Waals surface area (Å²) >= 11 is 0. The third-order valence-corrected chi connectivity index (χ3v) is 8.04. The van der Waals surface area contributed by atoms with E-state index in [-0.39, 0.29) is 30.7 Å². The number of halogens is 1. The Labute approximate surface area is 239 Å². The Hall–Kier alpha value is -4.40. The van der Waals surface area contributed by atoms with E-state index in [1.165, 1.54) is 10.6 Å². The fourth-order valence-electron chi connectivity index (χ4n) is 5.75. The lowest BCUT2D eigenvalue weighted by molar-refractivity contribution is 0.0731. The number of hydrogen-bond donors (Lipinski definition) is 2. The number of fused-ring (bicyclic) bond motifs is 3. The number of nitrogen functional groups attached to an aromatic ring is 1. The van der Waals surface area contributed by atoms with Crippen LogP contribution >= 0.6 is 0 Å². The Balaban J connectivity index is 1.04. The van der Waals surface area contributed by atoms with Crippen molar-refractivity contribution in [2.45, 2.75) is 18.8 Å². The number of furan rings is 1. The van der Waals surface area contributed by atoms with E-state index in [0.29, 0.717) is 78.8 Å². The molecule has 4 aromatic heterocycles. The van der Waals surface area contributed by atoms with E-state index in [1.54, 1.807) is 40.6 Å². The summed E-state index contributed by atoms with van der Waals surface area (Å²) in [5.74, 6) is 0.763. The molecule has 14 heteroatoms. The molecule has 0 spiro atoms. The first-order chi connectivity index (χ1) is 20.4. The topological polar surface area (TPSA) is 141 Å². The first kappa shape index (κ1) is 26.5. The Kier molecular flexibility index (Phi) is 6.60. The number of nitrogens with two attached hydrogens (primary N) is 1. The van der Waals surface area contributed by atoms with Crippen molar-refractivity contribution in [1.82, 2.24) is 28.6 Å². The number of anilines is 2. The summed E-state index contributed by atoms with van der Waals surface area (Å²) in [6.45, 7) is 4.23. The molecular formula is C28H31FN8O5. The van der Waals surface area contributed by atoms with Crippen LogP contribution in [0.2, 0.25) is 0 Å². The van der Waals surface area contributed by atoms with Crippen molar-refractivity contribution in [3.63, 3.8) is 0 Å². The number of aryl methyl sites for hydroxylation is 1. The van der Waals surface area contributed by atoms with Crippen LogP contribution in [0.4, 0.5) is 16.0 Å².